The molecule has 0 radical (unpaired) electrons. The first-order valence-corrected chi connectivity index (χ1v) is 6.25. The van der Waals surface area contributed by atoms with Gasteiger partial charge < -0.3 is 14.6 Å². The molecular weight excluding hydrogens is 240 g/mol. The number of aliphatic hydroxyl groups is 1. The van der Waals surface area contributed by atoms with Crippen LogP contribution in [0.5, 0.6) is 0 Å². The number of amides is 1. The first-order valence-electron chi connectivity index (χ1n) is 6.25. The van der Waals surface area contributed by atoms with Crippen LogP contribution in [-0.4, -0.2) is 40.2 Å². The molecule has 2 rings (SSSR count). The van der Waals surface area contributed by atoms with Gasteiger partial charge in [0.25, 0.3) is 5.91 Å². The van der Waals surface area contributed by atoms with Gasteiger partial charge in [-0.25, -0.2) is 0 Å². The molecule has 0 spiro atoms. The number of rotatable bonds is 4. The van der Waals surface area contributed by atoms with Crippen LogP contribution in [0.4, 0.5) is 0 Å². The minimum Gasteiger partial charge on any atom is -0.394 e. The molecule has 1 heterocycles. The summed E-state index contributed by atoms with van der Waals surface area (Å²) in [4.78, 5) is 13.8. The fourth-order valence-corrected chi connectivity index (χ4v) is 1.83. The first kappa shape index (κ1) is 13.4. The number of aromatic nitrogens is 1. The second-order valence-corrected chi connectivity index (χ2v) is 4.59. The molecule has 100 valence electrons. The highest BCUT2D eigenvalue weighted by Crippen LogP contribution is 2.13. The molecule has 1 atom stereocenters. The van der Waals surface area contributed by atoms with Gasteiger partial charge in [0.1, 0.15) is 0 Å². The third-order valence-electron chi connectivity index (χ3n) is 3.24. The molecule has 2 aromatic rings. The SMILES string of the molecule is CC(CO)N(C)C(=O)c1cccc(-n2cccc2)c1. The maximum atomic E-state index is 12.3. The summed E-state index contributed by atoms with van der Waals surface area (Å²) in [6, 6.07) is 11.1. The van der Waals surface area contributed by atoms with E-state index in [1.165, 1.54) is 0 Å². The smallest absolute Gasteiger partial charge is 0.253 e. The van der Waals surface area contributed by atoms with Crippen molar-refractivity contribution in [2.24, 2.45) is 0 Å². The number of benzene rings is 1. The molecule has 0 aliphatic carbocycles. The molecule has 0 saturated heterocycles. The number of hydrogen-bond acceptors (Lipinski definition) is 2. The van der Waals surface area contributed by atoms with Gasteiger partial charge in [-0.2, -0.15) is 0 Å². The van der Waals surface area contributed by atoms with E-state index >= 15 is 0 Å². The van der Waals surface area contributed by atoms with Crippen molar-refractivity contribution in [1.82, 2.24) is 9.47 Å². The van der Waals surface area contributed by atoms with Gasteiger partial charge in [-0.1, -0.05) is 6.07 Å². The number of aliphatic hydroxyl groups excluding tert-OH is 1. The maximum absolute atomic E-state index is 12.3. The number of likely N-dealkylation sites (N-methyl/N-ethyl adjacent to an activating group) is 1. The van der Waals surface area contributed by atoms with E-state index in [1.807, 2.05) is 54.2 Å². The van der Waals surface area contributed by atoms with Gasteiger partial charge in [0.05, 0.1) is 12.6 Å². The summed E-state index contributed by atoms with van der Waals surface area (Å²) in [6.07, 6.45) is 3.87. The van der Waals surface area contributed by atoms with Gasteiger partial charge in [-0.05, 0) is 37.3 Å². The van der Waals surface area contributed by atoms with Crippen molar-refractivity contribution < 1.29 is 9.90 Å². The Morgan fingerprint density at radius 1 is 1.32 bits per heavy atom. The number of nitrogens with zero attached hydrogens (tertiary/aromatic N) is 2. The van der Waals surface area contributed by atoms with Crippen LogP contribution >= 0.6 is 0 Å². The molecule has 1 N–H and O–H groups in total. The molecule has 0 fully saturated rings. The van der Waals surface area contributed by atoms with Crippen LogP contribution in [0.2, 0.25) is 0 Å². The lowest BCUT2D eigenvalue weighted by atomic mass is 10.1. The fraction of sp³-hybridized carbons (Fsp3) is 0.267. The highest BCUT2D eigenvalue weighted by molar-refractivity contribution is 5.94. The van der Waals surface area contributed by atoms with Crippen LogP contribution < -0.4 is 0 Å². The molecule has 1 aromatic heterocycles. The third kappa shape index (κ3) is 2.85. The van der Waals surface area contributed by atoms with Crippen molar-refractivity contribution in [2.45, 2.75) is 13.0 Å². The molecule has 4 nitrogen and oxygen atoms in total. The van der Waals surface area contributed by atoms with Gasteiger partial charge in [0.2, 0.25) is 0 Å². The van der Waals surface area contributed by atoms with E-state index in [9.17, 15) is 4.79 Å². The van der Waals surface area contributed by atoms with E-state index in [0.717, 1.165) is 5.69 Å². The molecular formula is C15H18N2O2. The summed E-state index contributed by atoms with van der Waals surface area (Å²) in [6.45, 7) is 1.77. The molecule has 0 aliphatic heterocycles. The normalized spacial score (nSPS) is 12.2. The van der Waals surface area contributed by atoms with Crippen LogP contribution in [0.1, 0.15) is 17.3 Å². The van der Waals surface area contributed by atoms with Crippen molar-refractivity contribution in [3.05, 3.63) is 54.4 Å². The lowest BCUT2D eigenvalue weighted by molar-refractivity contribution is 0.0682. The summed E-state index contributed by atoms with van der Waals surface area (Å²) in [5.41, 5.74) is 1.56. The zero-order valence-corrected chi connectivity index (χ0v) is 11.2. The predicted molar refractivity (Wildman–Crippen MR) is 74.4 cm³/mol. The van der Waals surface area contributed by atoms with Crippen molar-refractivity contribution in [1.29, 1.82) is 0 Å². The number of carbonyl (C=O) groups is 1. The molecule has 0 bridgehead atoms. The Hall–Kier alpha value is -2.07. The second kappa shape index (κ2) is 5.71. The quantitative estimate of drug-likeness (QED) is 0.910. The lowest BCUT2D eigenvalue weighted by Gasteiger charge is -2.23. The molecule has 1 unspecified atom stereocenters. The fourth-order valence-electron chi connectivity index (χ4n) is 1.83. The summed E-state index contributed by atoms with van der Waals surface area (Å²) in [5.74, 6) is -0.0874. The van der Waals surface area contributed by atoms with Crippen LogP contribution in [0, 0.1) is 0 Å². The van der Waals surface area contributed by atoms with E-state index in [4.69, 9.17) is 5.11 Å². The van der Waals surface area contributed by atoms with Gasteiger partial charge in [0, 0.05) is 30.7 Å². The molecule has 1 aromatic carbocycles. The van der Waals surface area contributed by atoms with Crippen molar-refractivity contribution >= 4 is 5.91 Å². The summed E-state index contributed by atoms with van der Waals surface area (Å²) < 4.78 is 1.95. The zero-order chi connectivity index (χ0) is 13.8. The highest BCUT2D eigenvalue weighted by atomic mass is 16.3. The van der Waals surface area contributed by atoms with E-state index in [2.05, 4.69) is 0 Å². The molecule has 19 heavy (non-hydrogen) atoms. The van der Waals surface area contributed by atoms with Gasteiger partial charge >= 0.3 is 0 Å². The van der Waals surface area contributed by atoms with Crippen LogP contribution in [0.15, 0.2) is 48.8 Å². The van der Waals surface area contributed by atoms with Crippen molar-refractivity contribution in [2.75, 3.05) is 13.7 Å². The van der Waals surface area contributed by atoms with Gasteiger partial charge in [0.15, 0.2) is 0 Å². The summed E-state index contributed by atoms with van der Waals surface area (Å²) in [7, 11) is 1.70. The third-order valence-corrected chi connectivity index (χ3v) is 3.24. The largest absolute Gasteiger partial charge is 0.394 e. The minimum absolute atomic E-state index is 0.0421. The van der Waals surface area contributed by atoms with Crippen LogP contribution in [-0.2, 0) is 0 Å². The topological polar surface area (TPSA) is 45.5 Å². The Morgan fingerprint density at radius 2 is 2.00 bits per heavy atom. The number of hydrogen-bond donors (Lipinski definition) is 1. The predicted octanol–water partition coefficient (Wildman–Crippen LogP) is 1.93. The van der Waals surface area contributed by atoms with Crippen molar-refractivity contribution in [3.8, 4) is 5.69 Å². The summed E-state index contributed by atoms with van der Waals surface area (Å²) >= 11 is 0. The number of carbonyl (C=O) groups excluding carboxylic acids is 1. The van der Waals surface area contributed by atoms with E-state index in [-0.39, 0.29) is 18.6 Å². The molecule has 0 saturated carbocycles. The minimum atomic E-state index is -0.192. The Bertz CT molecular complexity index is 549. The van der Waals surface area contributed by atoms with Gasteiger partial charge in [-0.15, -0.1) is 0 Å². The zero-order valence-electron chi connectivity index (χ0n) is 11.2. The first-order chi connectivity index (χ1) is 9.13. The van der Waals surface area contributed by atoms with E-state index < -0.39 is 0 Å². The lowest BCUT2D eigenvalue weighted by Crippen LogP contribution is -2.37. The van der Waals surface area contributed by atoms with E-state index in [0.29, 0.717) is 5.56 Å². The van der Waals surface area contributed by atoms with Gasteiger partial charge in [-0.3, -0.25) is 4.79 Å². The molecule has 1 amide bonds. The maximum Gasteiger partial charge on any atom is 0.253 e. The summed E-state index contributed by atoms with van der Waals surface area (Å²) in [5, 5.41) is 9.11. The van der Waals surface area contributed by atoms with E-state index in [1.54, 1.807) is 18.0 Å². The second-order valence-electron chi connectivity index (χ2n) is 4.59. The van der Waals surface area contributed by atoms with Crippen LogP contribution in [0.3, 0.4) is 0 Å². The standard InChI is InChI=1S/C15H18N2O2/c1-12(11-18)16(2)15(19)13-6-5-7-14(10-13)17-8-3-4-9-17/h3-10,12,18H,11H2,1-2H3. The highest BCUT2D eigenvalue weighted by Gasteiger charge is 2.16. The average Bonchev–Trinajstić information content (AvgIpc) is 2.99. The van der Waals surface area contributed by atoms with Crippen molar-refractivity contribution in [3.63, 3.8) is 0 Å². The van der Waals surface area contributed by atoms with Crippen LogP contribution in [0.25, 0.3) is 5.69 Å². The Labute approximate surface area is 112 Å². The monoisotopic (exact) mass is 258 g/mol. The Kier molecular flexibility index (Phi) is 4.02. The average molecular weight is 258 g/mol. The molecule has 0 aliphatic rings. The molecule has 4 heteroatoms. The Morgan fingerprint density at radius 3 is 2.63 bits per heavy atom. The Balaban J connectivity index is 2.26.